The van der Waals surface area contributed by atoms with E-state index in [1.165, 1.54) is 0 Å². The molecule has 21 heavy (non-hydrogen) atoms. The van der Waals surface area contributed by atoms with Crippen LogP contribution in [0.25, 0.3) is 0 Å². The summed E-state index contributed by atoms with van der Waals surface area (Å²) in [6.07, 6.45) is 0. The number of hydrogen-bond acceptors (Lipinski definition) is 5. The molecular weight excluding hydrogens is 340 g/mol. The van der Waals surface area contributed by atoms with Crippen LogP contribution in [0.1, 0.15) is 21.9 Å². The van der Waals surface area contributed by atoms with Crippen molar-refractivity contribution < 1.29 is 18.7 Å². The second-order valence-electron chi connectivity index (χ2n) is 4.28. The fourth-order valence-electron chi connectivity index (χ4n) is 1.78. The van der Waals surface area contributed by atoms with E-state index in [0.717, 1.165) is 10.2 Å². The van der Waals surface area contributed by atoms with Crippen LogP contribution < -0.4 is 20.7 Å². The average Bonchev–Trinajstić information content (AvgIpc) is 2.86. The Morgan fingerprint density at radius 2 is 2.19 bits per heavy atom. The topological polar surface area (TPSA) is 86.7 Å². The van der Waals surface area contributed by atoms with Crippen LogP contribution in [-0.4, -0.2) is 13.0 Å². The number of carbonyl (C=O) groups is 1. The maximum atomic E-state index is 11.5. The lowest BCUT2D eigenvalue weighted by atomic mass is 10.2. The molecule has 0 saturated carbocycles. The van der Waals surface area contributed by atoms with E-state index in [-0.39, 0.29) is 12.4 Å². The van der Waals surface area contributed by atoms with Gasteiger partial charge in [0.2, 0.25) is 0 Å². The second kappa shape index (κ2) is 6.64. The molecule has 7 heteroatoms. The summed E-state index contributed by atoms with van der Waals surface area (Å²) in [4.78, 5) is 11.5. The minimum atomic E-state index is -0.468. The van der Waals surface area contributed by atoms with Gasteiger partial charge >= 0.3 is 5.91 Å². The Morgan fingerprint density at radius 3 is 2.81 bits per heavy atom. The molecule has 2 aromatic rings. The van der Waals surface area contributed by atoms with Crippen molar-refractivity contribution in [2.24, 2.45) is 5.84 Å². The maximum absolute atomic E-state index is 11.5. The molecule has 1 aromatic carbocycles. The van der Waals surface area contributed by atoms with Gasteiger partial charge in [-0.3, -0.25) is 10.2 Å². The molecule has 6 nitrogen and oxygen atoms in total. The molecule has 0 saturated heterocycles. The first-order valence-electron chi connectivity index (χ1n) is 6.11. The second-order valence-corrected chi connectivity index (χ2v) is 5.14. The third kappa shape index (κ3) is 3.56. The number of hydrazine groups is 1. The van der Waals surface area contributed by atoms with Crippen LogP contribution in [0.15, 0.2) is 33.2 Å². The van der Waals surface area contributed by atoms with Crippen molar-refractivity contribution in [3.8, 4) is 11.5 Å². The molecule has 1 amide bonds. The van der Waals surface area contributed by atoms with Crippen LogP contribution in [0.4, 0.5) is 0 Å². The zero-order chi connectivity index (χ0) is 15.4. The number of halogens is 1. The summed E-state index contributed by atoms with van der Waals surface area (Å²) in [6.45, 7) is 1.96. The first-order chi connectivity index (χ1) is 10.0. The largest absolute Gasteiger partial charge is 0.497 e. The number of amides is 1. The van der Waals surface area contributed by atoms with E-state index in [1.807, 2.05) is 5.43 Å². The van der Waals surface area contributed by atoms with E-state index in [2.05, 4.69) is 15.9 Å². The zero-order valence-corrected chi connectivity index (χ0v) is 13.2. The summed E-state index contributed by atoms with van der Waals surface area (Å²) in [7, 11) is 1.60. The van der Waals surface area contributed by atoms with Crippen molar-refractivity contribution in [2.45, 2.75) is 13.5 Å². The first kappa shape index (κ1) is 15.4. The number of methoxy groups -OCH3 is 1. The molecule has 0 aliphatic heterocycles. The fourth-order valence-corrected chi connectivity index (χ4v) is 2.26. The number of furan rings is 1. The molecule has 0 aliphatic rings. The van der Waals surface area contributed by atoms with E-state index in [0.29, 0.717) is 17.1 Å². The summed E-state index contributed by atoms with van der Waals surface area (Å²) in [5.74, 6) is 6.71. The maximum Gasteiger partial charge on any atom is 0.301 e. The van der Waals surface area contributed by atoms with Gasteiger partial charge < -0.3 is 13.9 Å². The Kier molecular flexibility index (Phi) is 4.87. The Hall–Kier alpha value is -1.99. The van der Waals surface area contributed by atoms with Crippen LogP contribution in [0.5, 0.6) is 11.5 Å². The van der Waals surface area contributed by atoms with Gasteiger partial charge in [0.05, 0.1) is 11.6 Å². The first-order valence-corrected chi connectivity index (χ1v) is 6.91. The lowest BCUT2D eigenvalue weighted by Crippen LogP contribution is -2.30. The van der Waals surface area contributed by atoms with Gasteiger partial charge in [0.1, 0.15) is 23.9 Å². The molecule has 0 radical (unpaired) electrons. The van der Waals surface area contributed by atoms with Crippen molar-refractivity contribution >= 4 is 21.8 Å². The van der Waals surface area contributed by atoms with Crippen LogP contribution in [0, 0.1) is 6.92 Å². The third-order valence-corrected chi connectivity index (χ3v) is 3.43. The highest BCUT2D eigenvalue weighted by molar-refractivity contribution is 9.10. The number of nitrogens with two attached hydrogens (primary N) is 1. The average molecular weight is 355 g/mol. The highest BCUT2D eigenvalue weighted by Gasteiger charge is 2.15. The quantitative estimate of drug-likeness (QED) is 0.489. The lowest BCUT2D eigenvalue weighted by Gasteiger charge is -2.08. The fraction of sp³-hybridized carbons (Fsp3) is 0.214. The molecule has 0 spiro atoms. The van der Waals surface area contributed by atoms with Crippen molar-refractivity contribution in [1.29, 1.82) is 0 Å². The number of aryl methyl sites for hydroxylation is 1. The van der Waals surface area contributed by atoms with Gasteiger partial charge in [-0.15, -0.1) is 0 Å². The van der Waals surface area contributed by atoms with Crippen molar-refractivity contribution in [3.05, 3.63) is 45.8 Å². The van der Waals surface area contributed by atoms with E-state index < -0.39 is 5.91 Å². The van der Waals surface area contributed by atoms with Gasteiger partial charge in [0.25, 0.3) is 0 Å². The number of rotatable bonds is 5. The van der Waals surface area contributed by atoms with Crippen molar-refractivity contribution in [3.63, 3.8) is 0 Å². The molecule has 0 aliphatic carbocycles. The molecule has 1 heterocycles. The summed E-state index contributed by atoms with van der Waals surface area (Å²) in [6, 6.07) is 7.12. The number of ether oxygens (including phenoxy) is 2. The normalized spacial score (nSPS) is 10.3. The molecule has 0 fully saturated rings. The third-order valence-electron chi connectivity index (χ3n) is 2.82. The molecular formula is C14H15BrN2O4. The van der Waals surface area contributed by atoms with E-state index in [1.54, 1.807) is 38.3 Å². The molecule has 3 N–H and O–H groups in total. The van der Waals surface area contributed by atoms with Crippen molar-refractivity contribution in [1.82, 2.24) is 5.43 Å². The van der Waals surface area contributed by atoms with E-state index in [9.17, 15) is 4.79 Å². The van der Waals surface area contributed by atoms with Gasteiger partial charge in [-0.2, -0.15) is 0 Å². The Morgan fingerprint density at radius 1 is 1.43 bits per heavy atom. The molecule has 112 valence electrons. The van der Waals surface area contributed by atoms with Gasteiger partial charge in [0, 0.05) is 5.56 Å². The minimum Gasteiger partial charge on any atom is -0.497 e. The van der Waals surface area contributed by atoms with E-state index >= 15 is 0 Å². The number of benzene rings is 1. The van der Waals surface area contributed by atoms with Crippen LogP contribution in [0.3, 0.4) is 0 Å². The van der Waals surface area contributed by atoms with Gasteiger partial charge in [-0.25, -0.2) is 5.84 Å². The van der Waals surface area contributed by atoms with Crippen molar-refractivity contribution in [2.75, 3.05) is 7.11 Å². The van der Waals surface area contributed by atoms with E-state index in [4.69, 9.17) is 19.7 Å². The molecule has 0 atom stereocenters. The predicted octanol–water partition coefficient (Wildman–Crippen LogP) is 2.54. The SMILES string of the molecule is COc1ccc(OCc2cc(C)c(C(=O)NN)o2)c(Br)c1. The smallest absolute Gasteiger partial charge is 0.301 e. The number of nitrogen functional groups attached to an aromatic ring is 1. The Bertz CT molecular complexity index is 654. The summed E-state index contributed by atoms with van der Waals surface area (Å²) in [5.41, 5.74) is 2.74. The summed E-state index contributed by atoms with van der Waals surface area (Å²) < 4.78 is 16.9. The monoisotopic (exact) mass is 354 g/mol. The molecule has 0 bridgehead atoms. The molecule has 1 aromatic heterocycles. The highest BCUT2D eigenvalue weighted by atomic mass is 79.9. The number of nitrogens with one attached hydrogen (secondary N) is 1. The van der Waals surface area contributed by atoms with Gasteiger partial charge in [-0.1, -0.05) is 0 Å². The number of hydrogen-bond donors (Lipinski definition) is 2. The van der Waals surface area contributed by atoms with Crippen LogP contribution >= 0.6 is 15.9 Å². The molecule has 0 unspecified atom stereocenters. The number of carbonyl (C=O) groups excluding carboxylic acids is 1. The zero-order valence-electron chi connectivity index (χ0n) is 11.6. The van der Waals surface area contributed by atoms with Gasteiger partial charge in [-0.05, 0) is 47.1 Å². The highest BCUT2D eigenvalue weighted by Crippen LogP contribution is 2.30. The van der Waals surface area contributed by atoms with Crippen LogP contribution in [0.2, 0.25) is 0 Å². The van der Waals surface area contributed by atoms with Crippen LogP contribution in [-0.2, 0) is 6.61 Å². The summed E-state index contributed by atoms with van der Waals surface area (Å²) >= 11 is 3.40. The predicted molar refractivity (Wildman–Crippen MR) is 80.1 cm³/mol. The minimum absolute atomic E-state index is 0.185. The Labute approximate surface area is 130 Å². The standard InChI is InChI=1S/C14H15BrN2O4/c1-8-5-10(21-13(8)14(18)17-16)7-20-12-4-3-9(19-2)6-11(12)15/h3-6H,7,16H2,1-2H3,(H,17,18). The lowest BCUT2D eigenvalue weighted by molar-refractivity contribution is 0.0921. The Balaban J connectivity index is 2.08. The summed E-state index contributed by atoms with van der Waals surface area (Å²) in [5, 5.41) is 0. The molecule has 2 rings (SSSR count). The van der Waals surface area contributed by atoms with Gasteiger partial charge in [0.15, 0.2) is 5.76 Å².